The summed E-state index contributed by atoms with van der Waals surface area (Å²) in [7, 11) is 1.59. The molecule has 2 aromatic carbocycles. The van der Waals surface area contributed by atoms with Crippen molar-refractivity contribution in [3.05, 3.63) is 71.8 Å². The SMILES string of the molecule is CNC(=O)Cc1ccccc1NC(=O)/C=C/c1ccccc1. The molecular formula is C18H18N2O2. The number of carbonyl (C=O) groups excluding carboxylic acids is 2. The average Bonchev–Trinajstić information content (AvgIpc) is 2.55. The molecule has 0 atom stereocenters. The third-order valence-corrected chi connectivity index (χ3v) is 3.13. The molecule has 0 aliphatic carbocycles. The predicted octanol–water partition coefficient (Wildman–Crippen LogP) is 2.63. The van der Waals surface area contributed by atoms with Crippen molar-refractivity contribution in [1.29, 1.82) is 0 Å². The van der Waals surface area contributed by atoms with E-state index in [4.69, 9.17) is 0 Å². The van der Waals surface area contributed by atoms with Crippen LogP contribution in [-0.2, 0) is 16.0 Å². The van der Waals surface area contributed by atoms with E-state index in [1.54, 1.807) is 19.2 Å². The maximum atomic E-state index is 12.0. The smallest absolute Gasteiger partial charge is 0.248 e. The zero-order chi connectivity index (χ0) is 15.8. The van der Waals surface area contributed by atoms with Gasteiger partial charge in [0.2, 0.25) is 11.8 Å². The van der Waals surface area contributed by atoms with Gasteiger partial charge in [0.15, 0.2) is 0 Å². The minimum absolute atomic E-state index is 0.0958. The van der Waals surface area contributed by atoms with Crippen LogP contribution in [0.15, 0.2) is 60.7 Å². The topological polar surface area (TPSA) is 58.2 Å². The van der Waals surface area contributed by atoms with Gasteiger partial charge >= 0.3 is 0 Å². The lowest BCUT2D eigenvalue weighted by Gasteiger charge is -2.09. The van der Waals surface area contributed by atoms with Gasteiger partial charge in [-0.15, -0.1) is 0 Å². The number of likely N-dealkylation sites (N-methyl/N-ethyl adjacent to an activating group) is 1. The maximum Gasteiger partial charge on any atom is 0.248 e. The quantitative estimate of drug-likeness (QED) is 0.833. The Kier molecular flexibility index (Phi) is 5.49. The van der Waals surface area contributed by atoms with E-state index in [0.29, 0.717) is 5.69 Å². The van der Waals surface area contributed by atoms with Gasteiger partial charge in [-0.2, -0.15) is 0 Å². The first-order valence-electron chi connectivity index (χ1n) is 7.01. The van der Waals surface area contributed by atoms with Gasteiger partial charge < -0.3 is 10.6 Å². The highest BCUT2D eigenvalue weighted by atomic mass is 16.2. The molecule has 22 heavy (non-hydrogen) atoms. The van der Waals surface area contributed by atoms with E-state index in [0.717, 1.165) is 11.1 Å². The van der Waals surface area contributed by atoms with Crippen LogP contribution in [0, 0.1) is 0 Å². The molecule has 0 aliphatic heterocycles. The van der Waals surface area contributed by atoms with Crippen molar-refractivity contribution < 1.29 is 9.59 Å². The molecule has 0 bridgehead atoms. The van der Waals surface area contributed by atoms with Crippen molar-refractivity contribution in [3.8, 4) is 0 Å². The van der Waals surface area contributed by atoms with Crippen molar-refractivity contribution in [1.82, 2.24) is 5.32 Å². The fourth-order valence-electron chi connectivity index (χ4n) is 1.97. The Morgan fingerprint density at radius 2 is 1.68 bits per heavy atom. The number of hydrogen-bond donors (Lipinski definition) is 2. The summed E-state index contributed by atoms with van der Waals surface area (Å²) in [6.45, 7) is 0. The lowest BCUT2D eigenvalue weighted by molar-refractivity contribution is -0.120. The van der Waals surface area contributed by atoms with Gasteiger partial charge in [-0.25, -0.2) is 0 Å². The number of nitrogens with one attached hydrogen (secondary N) is 2. The first-order valence-corrected chi connectivity index (χ1v) is 7.01. The molecular weight excluding hydrogens is 276 g/mol. The van der Waals surface area contributed by atoms with E-state index in [2.05, 4.69) is 10.6 Å². The molecule has 0 saturated heterocycles. The van der Waals surface area contributed by atoms with E-state index in [1.165, 1.54) is 6.08 Å². The number of hydrogen-bond acceptors (Lipinski definition) is 2. The molecule has 0 aromatic heterocycles. The van der Waals surface area contributed by atoms with Crippen molar-refractivity contribution in [3.63, 3.8) is 0 Å². The third kappa shape index (κ3) is 4.59. The number of carbonyl (C=O) groups is 2. The molecule has 0 saturated carbocycles. The van der Waals surface area contributed by atoms with Crippen LogP contribution in [0.4, 0.5) is 5.69 Å². The van der Waals surface area contributed by atoms with Gasteiger partial charge in [0.05, 0.1) is 6.42 Å². The Morgan fingerprint density at radius 1 is 1.00 bits per heavy atom. The fraction of sp³-hybridized carbons (Fsp3) is 0.111. The maximum absolute atomic E-state index is 12.0. The summed E-state index contributed by atoms with van der Waals surface area (Å²) in [6.07, 6.45) is 3.46. The summed E-state index contributed by atoms with van der Waals surface area (Å²) in [5, 5.41) is 5.38. The molecule has 112 valence electrons. The zero-order valence-electron chi connectivity index (χ0n) is 12.4. The first kappa shape index (κ1) is 15.5. The number of benzene rings is 2. The zero-order valence-corrected chi connectivity index (χ0v) is 12.4. The molecule has 2 amide bonds. The second-order valence-corrected chi connectivity index (χ2v) is 4.74. The Labute approximate surface area is 129 Å². The van der Waals surface area contributed by atoms with Crippen LogP contribution in [0.1, 0.15) is 11.1 Å². The fourth-order valence-corrected chi connectivity index (χ4v) is 1.97. The van der Waals surface area contributed by atoms with Crippen LogP contribution in [0.25, 0.3) is 6.08 Å². The number of rotatable bonds is 5. The van der Waals surface area contributed by atoms with Crippen molar-refractivity contribution in [2.75, 3.05) is 12.4 Å². The summed E-state index contributed by atoms with van der Waals surface area (Å²) in [6, 6.07) is 16.9. The minimum atomic E-state index is -0.229. The van der Waals surface area contributed by atoms with E-state index in [1.807, 2.05) is 48.5 Å². The van der Waals surface area contributed by atoms with Gasteiger partial charge in [-0.1, -0.05) is 48.5 Å². The van der Waals surface area contributed by atoms with E-state index in [9.17, 15) is 9.59 Å². The molecule has 2 rings (SSSR count). The van der Waals surface area contributed by atoms with E-state index >= 15 is 0 Å². The largest absolute Gasteiger partial charge is 0.359 e. The van der Waals surface area contributed by atoms with Crippen LogP contribution in [0.5, 0.6) is 0 Å². The number of anilines is 1. The van der Waals surface area contributed by atoms with Crippen LogP contribution in [-0.4, -0.2) is 18.9 Å². The molecule has 4 nitrogen and oxygen atoms in total. The lowest BCUT2D eigenvalue weighted by Crippen LogP contribution is -2.21. The second kappa shape index (κ2) is 7.78. The predicted molar refractivity (Wildman–Crippen MR) is 88.3 cm³/mol. The molecule has 0 radical (unpaired) electrons. The molecule has 0 unspecified atom stereocenters. The van der Waals surface area contributed by atoms with Gasteiger partial charge in [-0.05, 0) is 23.3 Å². The van der Waals surface area contributed by atoms with Crippen molar-refractivity contribution >= 4 is 23.6 Å². The Bertz CT molecular complexity index is 678. The summed E-state index contributed by atoms with van der Waals surface area (Å²) >= 11 is 0. The highest BCUT2D eigenvalue weighted by Crippen LogP contribution is 2.15. The summed E-state index contributed by atoms with van der Waals surface area (Å²) < 4.78 is 0. The number of para-hydroxylation sites is 1. The lowest BCUT2D eigenvalue weighted by atomic mass is 10.1. The van der Waals surface area contributed by atoms with E-state index < -0.39 is 0 Å². The molecule has 0 spiro atoms. The van der Waals surface area contributed by atoms with E-state index in [-0.39, 0.29) is 18.2 Å². The molecule has 4 heteroatoms. The molecule has 2 aromatic rings. The molecule has 2 N–H and O–H groups in total. The van der Waals surface area contributed by atoms with Crippen LogP contribution >= 0.6 is 0 Å². The van der Waals surface area contributed by atoms with Gasteiger partial charge in [0.1, 0.15) is 0 Å². The molecule has 0 heterocycles. The average molecular weight is 294 g/mol. The summed E-state index contributed by atoms with van der Waals surface area (Å²) in [4.78, 5) is 23.5. The highest BCUT2D eigenvalue weighted by molar-refractivity contribution is 6.02. The normalized spacial score (nSPS) is 10.4. The first-order chi connectivity index (χ1) is 10.7. The van der Waals surface area contributed by atoms with Crippen LogP contribution in [0.3, 0.4) is 0 Å². The van der Waals surface area contributed by atoms with Crippen molar-refractivity contribution in [2.24, 2.45) is 0 Å². The third-order valence-electron chi connectivity index (χ3n) is 3.13. The molecule has 0 fully saturated rings. The Hall–Kier alpha value is -2.88. The standard InChI is InChI=1S/C18H18N2O2/c1-19-18(22)13-15-9-5-6-10-16(15)20-17(21)12-11-14-7-3-2-4-8-14/h2-12H,13H2,1H3,(H,19,22)(H,20,21)/b12-11+. The van der Waals surface area contributed by atoms with Gasteiger partial charge in [-0.3, -0.25) is 9.59 Å². The Balaban J connectivity index is 2.05. The summed E-state index contributed by atoms with van der Waals surface area (Å²) in [5.74, 6) is -0.324. The van der Waals surface area contributed by atoms with Crippen LogP contribution in [0.2, 0.25) is 0 Å². The second-order valence-electron chi connectivity index (χ2n) is 4.74. The van der Waals surface area contributed by atoms with Gasteiger partial charge in [0, 0.05) is 18.8 Å². The molecule has 0 aliphatic rings. The highest BCUT2D eigenvalue weighted by Gasteiger charge is 2.07. The summed E-state index contributed by atoms with van der Waals surface area (Å²) in [5.41, 5.74) is 2.38. The van der Waals surface area contributed by atoms with Crippen molar-refractivity contribution in [2.45, 2.75) is 6.42 Å². The Morgan fingerprint density at radius 3 is 2.41 bits per heavy atom. The van der Waals surface area contributed by atoms with Gasteiger partial charge in [0.25, 0.3) is 0 Å². The monoisotopic (exact) mass is 294 g/mol. The van der Waals surface area contributed by atoms with Crippen LogP contribution < -0.4 is 10.6 Å². The number of amides is 2. The minimum Gasteiger partial charge on any atom is -0.359 e.